The Hall–Kier alpha value is -4.01. The van der Waals surface area contributed by atoms with Crippen LogP contribution in [0.15, 0.2) is 73.6 Å². The summed E-state index contributed by atoms with van der Waals surface area (Å²) in [6.45, 7) is 3.76. The number of hydrogen-bond acceptors (Lipinski definition) is 8. The van der Waals surface area contributed by atoms with E-state index in [2.05, 4.69) is 27.7 Å². The Morgan fingerprint density at radius 3 is 1.86 bits per heavy atom. The van der Waals surface area contributed by atoms with Crippen LogP contribution in [0, 0.1) is 53.3 Å². The van der Waals surface area contributed by atoms with Crippen LogP contribution in [0.1, 0.15) is 62.0 Å². The fraction of sp³-hybridized carbons (Fsp3) is 0.366. The van der Waals surface area contributed by atoms with Crippen LogP contribution in [0.5, 0.6) is 11.5 Å². The molecule has 2 fully saturated rings. The summed E-state index contributed by atoms with van der Waals surface area (Å²) >= 11 is 0. The minimum atomic E-state index is -1.88. The maximum absolute atomic E-state index is 14.8. The van der Waals surface area contributed by atoms with Crippen LogP contribution >= 0.6 is 0 Å². The third-order valence-electron chi connectivity index (χ3n) is 8.91. The van der Waals surface area contributed by atoms with Gasteiger partial charge in [0.25, 0.3) is 0 Å². The molecular weight excluding hydrogens is 781 g/mol. The maximum Gasteiger partial charge on any atom is 2.00 e. The van der Waals surface area contributed by atoms with Gasteiger partial charge in [-0.2, -0.15) is 24.4 Å². The van der Waals surface area contributed by atoms with Gasteiger partial charge in [-0.1, -0.05) is 54.2 Å². The molecule has 2 aliphatic carbocycles. The summed E-state index contributed by atoms with van der Waals surface area (Å²) < 4.78 is 42.0. The number of fused-ring (bicyclic) bond motifs is 2. The molecule has 4 aromatic rings. The van der Waals surface area contributed by atoms with Crippen LogP contribution < -0.4 is 53.1 Å². The molecule has 0 spiro atoms. The number of alkyl halides is 2. The molecule has 8 rings (SSSR count). The fourth-order valence-electron chi connectivity index (χ4n) is 5.57. The molecule has 2 aromatic carbocycles. The summed E-state index contributed by atoms with van der Waals surface area (Å²) in [5.74, 6) is 9.43. The van der Waals surface area contributed by atoms with Gasteiger partial charge in [-0.15, -0.1) is 6.42 Å². The number of Topliss-reactive ketones (excluding diaryl/α,β-unsaturated/α-hetero) is 1. The number of nitriles is 2. The second-order valence-electron chi connectivity index (χ2n) is 13.1. The first kappa shape index (κ1) is 51.0. The molecule has 1 N–H and O–H groups in total. The number of aliphatic hydroxyl groups is 1. The van der Waals surface area contributed by atoms with Crippen molar-refractivity contribution in [3.63, 3.8) is 0 Å². The first-order valence-corrected chi connectivity index (χ1v) is 17.2. The van der Waals surface area contributed by atoms with Crippen molar-refractivity contribution in [3.8, 4) is 47.8 Å². The van der Waals surface area contributed by atoms with Crippen LogP contribution in [-0.2, 0) is 30.7 Å². The quantitative estimate of drug-likeness (QED) is 0.119. The number of carbonyl (C=O) groups is 1. The van der Waals surface area contributed by atoms with Crippen molar-refractivity contribution >= 4 is 28.8 Å². The maximum atomic E-state index is 14.8. The first-order valence-electron chi connectivity index (χ1n) is 17.2. The van der Waals surface area contributed by atoms with E-state index in [1.165, 1.54) is 39.7 Å². The van der Waals surface area contributed by atoms with Crippen LogP contribution in [0.3, 0.4) is 0 Å². The van der Waals surface area contributed by atoms with E-state index in [1.54, 1.807) is 0 Å². The monoisotopic (exact) mass is 818 g/mol. The molecule has 2 aromatic heterocycles. The molecule has 288 valence electrons. The number of ketones is 1. The van der Waals surface area contributed by atoms with Gasteiger partial charge in [-0.05, 0) is 48.9 Å². The van der Waals surface area contributed by atoms with Crippen molar-refractivity contribution in [1.29, 1.82) is 10.5 Å². The molecule has 3 unspecified atom stereocenters. The van der Waals surface area contributed by atoms with E-state index in [-0.39, 0.29) is 110 Å². The Labute approximate surface area is 372 Å². The molecule has 2 saturated carbocycles. The van der Waals surface area contributed by atoms with Gasteiger partial charge in [-0.25, -0.2) is 18.7 Å². The van der Waals surface area contributed by atoms with Crippen molar-refractivity contribution in [3.05, 3.63) is 103 Å². The minimum absolute atomic E-state index is 0. The van der Waals surface area contributed by atoms with E-state index in [4.69, 9.17) is 26.4 Å². The van der Waals surface area contributed by atoms with E-state index in [9.17, 15) is 18.7 Å². The Bertz CT molecular complexity index is 2080. The zero-order valence-electron chi connectivity index (χ0n) is 32.0. The Kier molecular flexibility index (Phi) is 20.4. The summed E-state index contributed by atoms with van der Waals surface area (Å²) in [4.78, 5) is 18.9. The third kappa shape index (κ3) is 13.0. The molecule has 0 saturated heterocycles. The van der Waals surface area contributed by atoms with Gasteiger partial charge in [0.1, 0.15) is 35.0 Å². The van der Waals surface area contributed by atoms with Gasteiger partial charge in [0.05, 0.1) is 38.1 Å². The molecule has 57 heavy (non-hydrogen) atoms. The van der Waals surface area contributed by atoms with Gasteiger partial charge in [0, 0.05) is 12.8 Å². The van der Waals surface area contributed by atoms with Crippen molar-refractivity contribution in [2.75, 3.05) is 0 Å². The van der Waals surface area contributed by atoms with Gasteiger partial charge in [0.2, 0.25) is 0 Å². The summed E-state index contributed by atoms with van der Waals surface area (Å²) in [6.07, 6.45) is 14.8. The molecule has 3 atom stereocenters. The number of halogens is 4. The first-order chi connectivity index (χ1) is 25.5. The summed E-state index contributed by atoms with van der Waals surface area (Å²) in [7, 11) is 0. The summed E-state index contributed by atoms with van der Waals surface area (Å²) in [5.41, 5.74) is -2.46. The van der Waals surface area contributed by atoms with E-state index in [1.807, 2.05) is 80.9 Å². The number of para-hydroxylation sites is 2. The third-order valence-corrected chi connectivity index (χ3v) is 8.91. The zero-order chi connectivity index (χ0) is 38.1. The molecular formula is C41H39Cl2F2LiMgN6O4. The molecule has 0 bridgehead atoms. The largest absolute Gasteiger partial charge is 2.00 e. The molecule has 16 heteroatoms. The minimum Gasteiger partial charge on any atom is -1.00 e. The van der Waals surface area contributed by atoms with Crippen LogP contribution in [0.2, 0.25) is 0 Å². The molecule has 10 nitrogen and oxygen atoms in total. The average molecular weight is 820 g/mol. The standard InChI is InChI=1S/C19H16FN3O2.C10H8O.C9H8FN3O.C3H7.2ClH.Li.Mg/c20-18(7-8-18)19(24,12-23-13-22-11-15(23)10-21)6-5-16-9-14-3-1-2-4-17(14)25-16;1-2-9-7-8-5-3-4-6-10(8)11-9;10-9(1-2-9)8(14)5-13-6-12-4-7(13)3-11;1-3-2;;;;/h1-4,11,13,16,24H,7-9,12H2;1,3-6,9H,7H2;4,6H,1-2,5H2;3H,1-2H3;2*1H;;/q;;;-1;;;+1;+2/p-2. The van der Waals surface area contributed by atoms with Crippen LogP contribution in [-0.4, -0.2) is 82.2 Å². The molecule has 0 amide bonds. The Morgan fingerprint density at radius 1 is 0.912 bits per heavy atom. The van der Waals surface area contributed by atoms with Crippen molar-refractivity contribution in [2.24, 2.45) is 0 Å². The molecule has 4 aliphatic rings. The van der Waals surface area contributed by atoms with Gasteiger partial charge < -0.3 is 54.9 Å². The smallest absolute Gasteiger partial charge is 1.00 e. The fourth-order valence-corrected chi connectivity index (χ4v) is 5.57. The topological polar surface area (TPSA) is 139 Å². The van der Waals surface area contributed by atoms with E-state index in [0.717, 1.165) is 23.5 Å². The molecule has 2 aliphatic heterocycles. The molecule has 4 heterocycles. The van der Waals surface area contributed by atoms with Crippen molar-refractivity contribution in [2.45, 2.75) is 94.6 Å². The van der Waals surface area contributed by atoms with Crippen molar-refractivity contribution in [1.82, 2.24) is 19.1 Å². The van der Waals surface area contributed by atoms with Crippen molar-refractivity contribution < 1.29 is 71.8 Å². The predicted molar refractivity (Wildman–Crippen MR) is 197 cm³/mol. The number of imidazole rings is 2. The number of carbonyl (C=O) groups excluding carboxylic acids is 1. The number of benzene rings is 2. The number of rotatable bonds is 6. The van der Waals surface area contributed by atoms with Gasteiger partial charge in [0.15, 0.2) is 34.9 Å². The van der Waals surface area contributed by atoms with E-state index in [0.29, 0.717) is 19.3 Å². The second kappa shape index (κ2) is 22.8. The number of terminal acetylenes is 1. The average Bonchev–Trinajstić information content (AvgIpc) is 3.75. The van der Waals surface area contributed by atoms with Gasteiger partial charge in [-0.3, -0.25) is 4.79 Å². The Morgan fingerprint density at radius 2 is 1.39 bits per heavy atom. The summed E-state index contributed by atoms with van der Waals surface area (Å²) in [5, 5.41) is 28.6. The zero-order valence-corrected chi connectivity index (χ0v) is 34.9. The van der Waals surface area contributed by atoms with E-state index < -0.39 is 28.8 Å². The number of hydrogen-bond donors (Lipinski definition) is 1. The van der Waals surface area contributed by atoms with Gasteiger partial charge >= 0.3 is 41.9 Å². The van der Waals surface area contributed by atoms with E-state index >= 15 is 0 Å². The second-order valence-corrected chi connectivity index (χ2v) is 13.1. The Balaban J connectivity index is 0.000000434. The number of nitrogens with zero attached hydrogens (tertiary/aromatic N) is 6. The molecule has 0 radical (unpaired) electrons. The predicted octanol–water partition coefficient (Wildman–Crippen LogP) is -3.69. The van der Waals surface area contributed by atoms with Crippen LogP contribution in [0.4, 0.5) is 8.78 Å². The SMILES string of the molecule is C#CC1Cc2ccccc2O1.C[CH-]C.N#Cc1cncn1CC(=O)C1(F)CC1.N#Cc1cncn1CC(O)(C#CC1Cc2ccccc2O1)C1(F)CC1.[Cl-].[Cl-].[Li+].[Mg+2]. The summed E-state index contributed by atoms with van der Waals surface area (Å²) in [6, 6.07) is 19.4. The number of aromatic nitrogens is 4. The normalized spacial score (nSPS) is 18.1. The van der Waals surface area contributed by atoms with Crippen LogP contribution in [0.25, 0.3) is 0 Å². The number of ether oxygens (including phenoxy) is 2.